The maximum Gasteiger partial charge on any atom is 0.251 e. The highest BCUT2D eigenvalue weighted by Crippen LogP contribution is 2.36. The lowest BCUT2D eigenvalue weighted by atomic mass is 10.0. The average Bonchev–Trinajstić information content (AvgIpc) is 2.75. The highest BCUT2D eigenvalue weighted by molar-refractivity contribution is 7.99. The lowest BCUT2D eigenvalue weighted by Crippen LogP contribution is -2.40. The van der Waals surface area contributed by atoms with Gasteiger partial charge in [0.2, 0.25) is 10.0 Å². The fourth-order valence-corrected chi connectivity index (χ4v) is 6.54. The lowest BCUT2D eigenvalue weighted by molar-refractivity contribution is 0.0730. The largest absolute Gasteiger partial charge is 0.379 e. The summed E-state index contributed by atoms with van der Waals surface area (Å²) in [5.74, 6) is -0.000920. The lowest BCUT2D eigenvalue weighted by Gasteiger charge is -2.27. The van der Waals surface area contributed by atoms with Crippen molar-refractivity contribution in [1.29, 1.82) is 0 Å². The Kier molecular flexibility index (Phi) is 6.36. The second kappa shape index (κ2) is 8.84. The van der Waals surface area contributed by atoms with Crippen molar-refractivity contribution < 1.29 is 22.3 Å². The summed E-state index contributed by atoms with van der Waals surface area (Å²) in [5, 5.41) is 2.96. The van der Waals surface area contributed by atoms with Gasteiger partial charge in [0.1, 0.15) is 10.7 Å². The van der Waals surface area contributed by atoms with Crippen LogP contribution in [0.3, 0.4) is 0 Å². The Morgan fingerprint density at radius 1 is 1.20 bits per heavy atom. The molecule has 30 heavy (non-hydrogen) atoms. The van der Waals surface area contributed by atoms with Crippen molar-refractivity contribution in [3.05, 3.63) is 58.4 Å². The topological polar surface area (TPSA) is 75.7 Å². The first kappa shape index (κ1) is 21.6. The molecule has 0 aromatic heterocycles. The van der Waals surface area contributed by atoms with Crippen LogP contribution in [0.1, 0.15) is 28.4 Å². The SMILES string of the molecule is O=C(NC1CCSc2ccc(F)cc21)c1ccc(Cl)c(S(=O)(=O)N2CCOCC2)c1. The normalized spacial score (nSPS) is 19.9. The van der Waals surface area contributed by atoms with Crippen LogP contribution in [0.5, 0.6) is 0 Å². The number of amides is 1. The standard InChI is InChI=1S/C20H20ClFN2O4S2/c21-16-3-1-13(11-19(16)30(26,27)24-6-8-28-9-7-24)20(25)23-17-5-10-29-18-4-2-14(22)12-15(17)18/h1-4,11-12,17H,5-10H2,(H,23,25). The smallest absolute Gasteiger partial charge is 0.251 e. The molecule has 1 saturated heterocycles. The number of ether oxygens (including phenoxy) is 1. The molecule has 0 aliphatic carbocycles. The molecule has 4 rings (SSSR count). The molecule has 2 aromatic rings. The summed E-state index contributed by atoms with van der Waals surface area (Å²) in [7, 11) is -3.85. The van der Waals surface area contributed by atoms with Crippen LogP contribution < -0.4 is 5.32 Å². The molecule has 0 bridgehead atoms. The van der Waals surface area contributed by atoms with Crippen molar-refractivity contribution >= 4 is 39.3 Å². The Bertz CT molecular complexity index is 1070. The van der Waals surface area contributed by atoms with E-state index < -0.39 is 15.9 Å². The van der Waals surface area contributed by atoms with Crippen molar-refractivity contribution in [2.45, 2.75) is 22.3 Å². The van der Waals surface area contributed by atoms with Crippen LogP contribution in [-0.4, -0.2) is 50.7 Å². The molecular formula is C20H20ClFN2O4S2. The number of nitrogens with zero attached hydrogens (tertiary/aromatic N) is 1. The minimum absolute atomic E-state index is 0.0551. The van der Waals surface area contributed by atoms with Gasteiger partial charge in [0, 0.05) is 29.3 Å². The molecule has 2 heterocycles. The van der Waals surface area contributed by atoms with Gasteiger partial charge in [-0.3, -0.25) is 4.79 Å². The highest BCUT2D eigenvalue weighted by atomic mass is 35.5. The van der Waals surface area contributed by atoms with Gasteiger partial charge in [0.15, 0.2) is 0 Å². The molecule has 1 N–H and O–H groups in total. The average molecular weight is 471 g/mol. The van der Waals surface area contributed by atoms with Crippen LogP contribution in [-0.2, 0) is 14.8 Å². The number of rotatable bonds is 4. The quantitative estimate of drug-likeness (QED) is 0.740. The number of carbonyl (C=O) groups excluding carboxylic acids is 1. The molecule has 0 saturated carbocycles. The zero-order valence-electron chi connectivity index (χ0n) is 15.9. The minimum atomic E-state index is -3.85. The Morgan fingerprint density at radius 3 is 2.73 bits per heavy atom. The van der Waals surface area contributed by atoms with Gasteiger partial charge in [0.05, 0.1) is 24.3 Å². The van der Waals surface area contributed by atoms with Gasteiger partial charge in [-0.1, -0.05) is 11.6 Å². The number of hydrogen-bond donors (Lipinski definition) is 1. The predicted octanol–water partition coefficient (Wildman–Crippen LogP) is 3.47. The number of thioether (sulfide) groups is 1. The van der Waals surface area contributed by atoms with Crippen LogP contribution in [0.15, 0.2) is 46.2 Å². The van der Waals surface area contributed by atoms with Crippen molar-refractivity contribution in [3.8, 4) is 0 Å². The summed E-state index contributed by atoms with van der Waals surface area (Å²) in [6.07, 6.45) is 0.652. The van der Waals surface area contributed by atoms with E-state index in [1.54, 1.807) is 17.8 Å². The molecule has 1 unspecified atom stereocenters. The van der Waals surface area contributed by atoms with Crippen LogP contribution in [0.2, 0.25) is 5.02 Å². The fourth-order valence-electron chi connectivity index (χ4n) is 3.53. The molecular weight excluding hydrogens is 451 g/mol. The van der Waals surface area contributed by atoms with E-state index in [0.29, 0.717) is 19.6 Å². The number of hydrogen-bond acceptors (Lipinski definition) is 5. The number of fused-ring (bicyclic) bond motifs is 1. The zero-order chi connectivity index (χ0) is 21.3. The van der Waals surface area contributed by atoms with Gasteiger partial charge >= 0.3 is 0 Å². The maximum atomic E-state index is 13.7. The van der Waals surface area contributed by atoms with Gasteiger partial charge in [-0.2, -0.15) is 4.31 Å². The van der Waals surface area contributed by atoms with Crippen molar-refractivity contribution in [2.24, 2.45) is 0 Å². The van der Waals surface area contributed by atoms with Gasteiger partial charge in [0.25, 0.3) is 5.91 Å². The van der Waals surface area contributed by atoms with E-state index in [-0.39, 0.29) is 40.4 Å². The monoisotopic (exact) mass is 470 g/mol. The number of morpholine rings is 1. The molecule has 2 aliphatic heterocycles. The zero-order valence-corrected chi connectivity index (χ0v) is 18.3. The number of halogens is 2. The van der Waals surface area contributed by atoms with Crippen LogP contribution in [0, 0.1) is 5.82 Å². The minimum Gasteiger partial charge on any atom is -0.379 e. The maximum absolute atomic E-state index is 13.7. The molecule has 1 amide bonds. The Labute approximate surface area is 183 Å². The van der Waals surface area contributed by atoms with Gasteiger partial charge in [-0.05, 0) is 48.4 Å². The van der Waals surface area contributed by atoms with Crippen LogP contribution in [0.4, 0.5) is 4.39 Å². The summed E-state index contributed by atoms with van der Waals surface area (Å²) in [6, 6.07) is 8.39. The molecule has 1 fully saturated rings. The van der Waals surface area contributed by atoms with Gasteiger partial charge in [-0.15, -0.1) is 11.8 Å². The number of nitrogens with one attached hydrogen (secondary N) is 1. The summed E-state index contributed by atoms with van der Waals surface area (Å²) >= 11 is 7.78. The van der Waals surface area contributed by atoms with Crippen molar-refractivity contribution in [1.82, 2.24) is 9.62 Å². The third-order valence-corrected chi connectivity index (χ3v) is 8.60. The van der Waals surface area contributed by atoms with Crippen molar-refractivity contribution in [2.75, 3.05) is 32.1 Å². The number of carbonyl (C=O) groups is 1. The summed E-state index contributed by atoms with van der Waals surface area (Å²) in [6.45, 7) is 1.09. The van der Waals surface area contributed by atoms with Gasteiger partial charge in [-0.25, -0.2) is 12.8 Å². The molecule has 2 aliphatic rings. The molecule has 2 aromatic carbocycles. The summed E-state index contributed by atoms with van der Waals surface area (Å²) in [5.41, 5.74) is 0.914. The second-order valence-corrected chi connectivity index (χ2v) is 10.5. The third-order valence-electron chi connectivity index (χ3n) is 5.10. The molecule has 10 heteroatoms. The highest BCUT2D eigenvalue weighted by Gasteiger charge is 2.30. The van der Waals surface area contributed by atoms with E-state index in [9.17, 15) is 17.6 Å². The summed E-state index contributed by atoms with van der Waals surface area (Å²) in [4.78, 5) is 13.7. The van der Waals surface area contributed by atoms with E-state index >= 15 is 0 Å². The van der Waals surface area contributed by atoms with E-state index in [1.165, 1.54) is 34.6 Å². The van der Waals surface area contributed by atoms with E-state index in [4.69, 9.17) is 16.3 Å². The number of benzene rings is 2. The molecule has 1 atom stereocenters. The van der Waals surface area contributed by atoms with Gasteiger partial charge < -0.3 is 10.1 Å². The van der Waals surface area contributed by atoms with Crippen LogP contribution >= 0.6 is 23.4 Å². The first-order chi connectivity index (χ1) is 14.4. The third kappa shape index (κ3) is 4.36. The first-order valence-corrected chi connectivity index (χ1v) is 12.3. The molecule has 6 nitrogen and oxygen atoms in total. The summed E-state index contributed by atoms with van der Waals surface area (Å²) < 4.78 is 46.2. The number of sulfonamides is 1. The van der Waals surface area contributed by atoms with E-state index in [0.717, 1.165) is 16.2 Å². The van der Waals surface area contributed by atoms with Crippen molar-refractivity contribution in [3.63, 3.8) is 0 Å². The Morgan fingerprint density at radius 2 is 1.97 bits per heavy atom. The predicted molar refractivity (Wildman–Crippen MR) is 113 cm³/mol. The Balaban J connectivity index is 1.59. The molecule has 0 spiro atoms. The molecule has 0 radical (unpaired) electrons. The molecule has 160 valence electrons. The second-order valence-electron chi connectivity index (χ2n) is 7.01. The van der Waals surface area contributed by atoms with E-state index in [2.05, 4.69) is 5.32 Å². The first-order valence-electron chi connectivity index (χ1n) is 9.47. The van der Waals surface area contributed by atoms with Crippen LogP contribution in [0.25, 0.3) is 0 Å². The Hall–Kier alpha value is -1.65. The van der Waals surface area contributed by atoms with E-state index in [1.807, 2.05) is 0 Å². The fraction of sp³-hybridized carbons (Fsp3) is 0.350.